The largest absolute Gasteiger partial charge is 0.464 e. The molecule has 0 amide bonds. The lowest BCUT2D eigenvalue weighted by atomic mass is 10.2. The topological polar surface area (TPSA) is 50.5 Å². The molecule has 0 radical (unpaired) electrons. The van der Waals surface area contributed by atoms with E-state index < -0.39 is 10.0 Å². The van der Waals surface area contributed by atoms with E-state index in [2.05, 4.69) is 6.92 Å². The van der Waals surface area contributed by atoms with Crippen LogP contribution in [0, 0.1) is 11.7 Å². The Morgan fingerprint density at radius 1 is 1.22 bits per heavy atom. The zero-order valence-electron chi connectivity index (χ0n) is 13.2. The van der Waals surface area contributed by atoms with Crippen molar-refractivity contribution in [3.8, 4) is 0 Å². The summed E-state index contributed by atoms with van der Waals surface area (Å²) in [4.78, 5) is 0. The highest BCUT2D eigenvalue weighted by atomic mass is 32.2. The number of benzene rings is 1. The Kier molecular flexibility index (Phi) is 4.29. The van der Waals surface area contributed by atoms with E-state index in [1.54, 1.807) is 0 Å². The molecule has 0 bridgehead atoms. The Bertz CT molecular complexity index is 782. The first kappa shape index (κ1) is 16.2. The quantitative estimate of drug-likeness (QED) is 0.810. The standard InChI is InChI=1S/C17H20FNO3S/c1-12-9-16(12)17-8-7-15(22-17)10-19(2)23(20,21)11-13-3-5-14(18)6-4-13/h3-8,12,16H,9-11H2,1-2H3/t12-,16+/m1/s1. The van der Waals surface area contributed by atoms with Gasteiger partial charge in [0, 0.05) is 13.0 Å². The molecule has 0 N–H and O–H groups in total. The average Bonchev–Trinajstić information content (AvgIpc) is 3.04. The maximum atomic E-state index is 12.9. The fraction of sp³-hybridized carbons (Fsp3) is 0.412. The van der Waals surface area contributed by atoms with E-state index in [0.29, 0.717) is 23.2 Å². The molecule has 3 rings (SSSR count). The summed E-state index contributed by atoms with van der Waals surface area (Å²) in [5.74, 6) is 2.17. The van der Waals surface area contributed by atoms with E-state index in [1.807, 2.05) is 12.1 Å². The predicted molar refractivity (Wildman–Crippen MR) is 85.7 cm³/mol. The summed E-state index contributed by atoms with van der Waals surface area (Å²) in [7, 11) is -1.95. The second-order valence-electron chi connectivity index (χ2n) is 6.26. The highest BCUT2D eigenvalue weighted by Crippen LogP contribution is 2.47. The van der Waals surface area contributed by atoms with E-state index in [-0.39, 0.29) is 18.1 Å². The first-order chi connectivity index (χ1) is 10.8. The Hall–Kier alpha value is -1.66. The van der Waals surface area contributed by atoms with Crippen molar-refractivity contribution >= 4 is 10.0 Å². The van der Waals surface area contributed by atoms with Gasteiger partial charge >= 0.3 is 0 Å². The zero-order valence-corrected chi connectivity index (χ0v) is 14.0. The first-order valence-electron chi connectivity index (χ1n) is 7.62. The summed E-state index contributed by atoms with van der Waals surface area (Å²) >= 11 is 0. The molecule has 0 unspecified atom stereocenters. The Balaban J connectivity index is 1.65. The molecule has 124 valence electrons. The average molecular weight is 337 g/mol. The maximum absolute atomic E-state index is 12.9. The predicted octanol–water partition coefficient (Wildman–Crippen LogP) is 3.50. The molecule has 4 nitrogen and oxygen atoms in total. The van der Waals surface area contributed by atoms with Crippen molar-refractivity contribution in [2.45, 2.75) is 31.6 Å². The lowest BCUT2D eigenvalue weighted by Gasteiger charge is -2.16. The number of rotatable bonds is 6. The molecule has 0 spiro atoms. The molecule has 1 saturated carbocycles. The summed E-state index contributed by atoms with van der Waals surface area (Å²) in [6.45, 7) is 2.37. The Morgan fingerprint density at radius 3 is 2.48 bits per heavy atom. The summed E-state index contributed by atoms with van der Waals surface area (Å²) in [5.41, 5.74) is 0.560. The van der Waals surface area contributed by atoms with Gasteiger partial charge in [0.25, 0.3) is 0 Å². The number of hydrogen-bond acceptors (Lipinski definition) is 3. The van der Waals surface area contributed by atoms with Crippen molar-refractivity contribution < 1.29 is 17.2 Å². The van der Waals surface area contributed by atoms with Crippen LogP contribution in [0.25, 0.3) is 0 Å². The highest BCUT2D eigenvalue weighted by molar-refractivity contribution is 7.88. The first-order valence-corrected chi connectivity index (χ1v) is 9.23. The van der Waals surface area contributed by atoms with Crippen LogP contribution in [-0.4, -0.2) is 19.8 Å². The van der Waals surface area contributed by atoms with E-state index >= 15 is 0 Å². The zero-order chi connectivity index (χ0) is 16.6. The summed E-state index contributed by atoms with van der Waals surface area (Å²) < 4.78 is 44.7. The Labute approximate surface area is 136 Å². The van der Waals surface area contributed by atoms with Crippen molar-refractivity contribution in [3.05, 3.63) is 59.3 Å². The molecule has 2 atom stereocenters. The third-order valence-electron chi connectivity index (χ3n) is 4.27. The molecule has 0 aliphatic heterocycles. The van der Waals surface area contributed by atoms with Crippen molar-refractivity contribution in [2.75, 3.05) is 7.05 Å². The van der Waals surface area contributed by atoms with Gasteiger partial charge in [-0.1, -0.05) is 19.1 Å². The van der Waals surface area contributed by atoms with Gasteiger partial charge in [-0.3, -0.25) is 0 Å². The smallest absolute Gasteiger partial charge is 0.218 e. The van der Waals surface area contributed by atoms with Gasteiger partial charge in [-0.2, -0.15) is 4.31 Å². The van der Waals surface area contributed by atoms with Crippen molar-refractivity contribution in [3.63, 3.8) is 0 Å². The molecule has 0 saturated heterocycles. The van der Waals surface area contributed by atoms with Crippen LogP contribution in [0.2, 0.25) is 0 Å². The van der Waals surface area contributed by atoms with Gasteiger partial charge < -0.3 is 4.42 Å². The van der Waals surface area contributed by atoms with E-state index in [4.69, 9.17) is 4.42 Å². The van der Waals surface area contributed by atoms with Crippen molar-refractivity contribution in [2.24, 2.45) is 5.92 Å². The minimum absolute atomic E-state index is 0.156. The molecule has 1 aromatic heterocycles. The molecule has 2 aromatic rings. The monoisotopic (exact) mass is 337 g/mol. The second-order valence-corrected chi connectivity index (χ2v) is 8.34. The minimum atomic E-state index is -3.48. The summed E-state index contributed by atoms with van der Waals surface area (Å²) in [6, 6.07) is 9.27. The molecule has 1 aromatic carbocycles. The van der Waals surface area contributed by atoms with Crippen molar-refractivity contribution in [1.82, 2.24) is 4.31 Å². The van der Waals surface area contributed by atoms with Gasteiger partial charge in [0.05, 0.1) is 12.3 Å². The summed E-state index contributed by atoms with van der Waals surface area (Å²) in [6.07, 6.45) is 1.13. The third-order valence-corrected chi connectivity index (χ3v) is 6.05. The fourth-order valence-electron chi connectivity index (χ4n) is 2.62. The van der Waals surface area contributed by atoms with Gasteiger partial charge in [-0.25, -0.2) is 12.8 Å². The number of sulfonamides is 1. The lowest BCUT2D eigenvalue weighted by molar-refractivity contribution is 0.389. The van der Waals surface area contributed by atoms with Crippen LogP contribution < -0.4 is 0 Å². The van der Waals surface area contributed by atoms with Gasteiger partial charge in [0.15, 0.2) is 0 Å². The molecule has 1 aliphatic carbocycles. The van der Waals surface area contributed by atoms with Crippen LogP contribution in [0.15, 0.2) is 40.8 Å². The van der Waals surface area contributed by atoms with Crippen LogP contribution in [0.4, 0.5) is 4.39 Å². The SMILES string of the molecule is C[C@@H]1C[C@@H]1c1ccc(CN(C)S(=O)(=O)Cc2ccc(F)cc2)o1. The van der Waals surface area contributed by atoms with E-state index in [1.165, 1.54) is 35.6 Å². The van der Waals surface area contributed by atoms with Crippen LogP contribution in [0.5, 0.6) is 0 Å². The number of hydrogen-bond donors (Lipinski definition) is 0. The minimum Gasteiger partial charge on any atom is -0.464 e. The normalized spacial score (nSPS) is 20.9. The van der Waals surface area contributed by atoms with Crippen LogP contribution in [0.3, 0.4) is 0 Å². The van der Waals surface area contributed by atoms with E-state index in [9.17, 15) is 12.8 Å². The van der Waals surface area contributed by atoms with Gasteiger partial charge in [-0.15, -0.1) is 0 Å². The van der Waals surface area contributed by atoms with Gasteiger partial charge in [0.2, 0.25) is 10.0 Å². The number of halogens is 1. The molecule has 23 heavy (non-hydrogen) atoms. The number of nitrogens with zero attached hydrogens (tertiary/aromatic N) is 1. The molecule has 1 aliphatic rings. The maximum Gasteiger partial charge on any atom is 0.218 e. The molecule has 6 heteroatoms. The Morgan fingerprint density at radius 2 is 1.87 bits per heavy atom. The van der Waals surface area contributed by atoms with Crippen LogP contribution in [-0.2, 0) is 22.3 Å². The molecule has 1 fully saturated rings. The lowest BCUT2D eigenvalue weighted by Crippen LogP contribution is -2.27. The second kappa shape index (κ2) is 6.09. The van der Waals surface area contributed by atoms with Gasteiger partial charge in [0.1, 0.15) is 17.3 Å². The third kappa shape index (κ3) is 3.82. The van der Waals surface area contributed by atoms with Gasteiger partial charge in [-0.05, 0) is 42.2 Å². The fourth-order valence-corrected chi connectivity index (χ4v) is 3.77. The molecular weight excluding hydrogens is 317 g/mol. The number of furan rings is 1. The molecular formula is C17H20FNO3S. The van der Waals surface area contributed by atoms with Crippen LogP contribution >= 0.6 is 0 Å². The highest BCUT2D eigenvalue weighted by Gasteiger charge is 2.36. The van der Waals surface area contributed by atoms with Crippen LogP contribution in [0.1, 0.15) is 36.3 Å². The summed E-state index contributed by atoms with van der Waals surface area (Å²) in [5, 5.41) is 0. The van der Waals surface area contributed by atoms with E-state index in [0.717, 1.165) is 12.2 Å². The molecule has 1 heterocycles. The van der Waals surface area contributed by atoms with Crippen molar-refractivity contribution in [1.29, 1.82) is 0 Å².